The van der Waals surface area contributed by atoms with Gasteiger partial charge in [-0.05, 0) is 132 Å². The first-order valence-corrected chi connectivity index (χ1v) is 21.6. The lowest BCUT2D eigenvalue weighted by molar-refractivity contribution is -0.134. The number of thiophene rings is 2. The predicted molar refractivity (Wildman–Crippen MR) is 260 cm³/mol. The van der Waals surface area contributed by atoms with E-state index in [9.17, 15) is 9.59 Å². The van der Waals surface area contributed by atoms with Crippen LogP contribution in [0.5, 0.6) is 0 Å². The van der Waals surface area contributed by atoms with Crippen LogP contribution in [0, 0.1) is 0 Å². The summed E-state index contributed by atoms with van der Waals surface area (Å²) in [5, 5.41) is 0. The van der Waals surface area contributed by atoms with Gasteiger partial charge in [0, 0.05) is 53.6 Å². The summed E-state index contributed by atoms with van der Waals surface area (Å²) in [5.74, 6) is -0.817. The van der Waals surface area contributed by atoms with Crippen molar-refractivity contribution in [2.75, 3.05) is 24.0 Å². The number of benzene rings is 6. The molecule has 0 aliphatic carbocycles. The summed E-state index contributed by atoms with van der Waals surface area (Å²) in [5.41, 5.74) is 8.54. The number of carbonyl (C=O) groups excluding carboxylic acids is 2. The van der Waals surface area contributed by atoms with Gasteiger partial charge >= 0.3 is 11.9 Å². The number of carbonyl (C=O) groups is 2. The van der Waals surface area contributed by atoms with Crippen LogP contribution in [-0.2, 0) is 19.1 Å². The Bertz CT molecular complexity index is 2550. The lowest BCUT2D eigenvalue weighted by Crippen LogP contribution is -2.10. The Morgan fingerprint density at radius 2 is 0.645 bits per heavy atom. The van der Waals surface area contributed by atoms with Gasteiger partial charge in [-0.3, -0.25) is 0 Å². The molecule has 0 unspecified atom stereocenters. The second-order valence-corrected chi connectivity index (χ2v) is 16.3. The predicted octanol–water partition coefficient (Wildman–Crippen LogP) is 14.3. The van der Waals surface area contributed by atoms with E-state index in [0.29, 0.717) is 11.1 Å². The minimum Gasteiger partial charge on any atom is -0.465 e. The Balaban J connectivity index is 0.994. The van der Waals surface area contributed by atoms with Gasteiger partial charge < -0.3 is 19.3 Å². The number of anilines is 6. The standard InChI is InChI=1S/C54H42N2O4S2/c1-59-53(57)51(39-23-27-45(28-24-39)55(41-15-7-3-8-16-41)42-17-9-4-10-18-42)37-49-35-33-47(61-49)31-32-48-34-36-50(62-48)38-52(54(58)60-2)40-25-29-46(30-26-40)56(43-19-11-5-12-20-43)44-21-13-6-14-22-44/h3-38H,1-2H3/b32-31-,51-37?,52-38?. The third-order valence-electron chi connectivity index (χ3n) is 10.0. The average molecular weight is 847 g/mol. The number of methoxy groups -OCH3 is 2. The van der Waals surface area contributed by atoms with Crippen LogP contribution in [0.1, 0.15) is 30.6 Å². The first kappa shape index (κ1) is 41.2. The van der Waals surface area contributed by atoms with Gasteiger partial charge in [0.1, 0.15) is 0 Å². The lowest BCUT2D eigenvalue weighted by Gasteiger charge is -2.25. The number of hydrogen-bond acceptors (Lipinski definition) is 8. The van der Waals surface area contributed by atoms with Crippen molar-refractivity contribution < 1.29 is 19.1 Å². The fourth-order valence-corrected chi connectivity index (χ4v) is 8.76. The monoisotopic (exact) mass is 846 g/mol. The van der Waals surface area contributed by atoms with E-state index >= 15 is 0 Å². The van der Waals surface area contributed by atoms with E-state index in [1.807, 2.05) is 158 Å². The Labute approximate surface area is 370 Å². The van der Waals surface area contributed by atoms with Crippen molar-refractivity contribution in [3.05, 3.63) is 225 Å². The van der Waals surface area contributed by atoms with Gasteiger partial charge in [0.15, 0.2) is 0 Å². The number of nitrogens with zero attached hydrogens (tertiary/aromatic N) is 2. The molecule has 8 rings (SSSR count). The lowest BCUT2D eigenvalue weighted by atomic mass is 10.0. The highest BCUT2D eigenvalue weighted by molar-refractivity contribution is 7.14. The van der Waals surface area contributed by atoms with Crippen molar-refractivity contribution in [1.82, 2.24) is 0 Å². The second kappa shape index (κ2) is 19.7. The van der Waals surface area contributed by atoms with Crippen LogP contribution in [0.25, 0.3) is 35.5 Å². The summed E-state index contributed by atoms with van der Waals surface area (Å²) < 4.78 is 10.5. The summed E-state index contributed by atoms with van der Waals surface area (Å²) in [6.45, 7) is 0. The largest absolute Gasteiger partial charge is 0.465 e. The number of para-hydroxylation sites is 4. The van der Waals surface area contributed by atoms with E-state index in [4.69, 9.17) is 9.47 Å². The van der Waals surface area contributed by atoms with E-state index < -0.39 is 11.9 Å². The van der Waals surface area contributed by atoms with Gasteiger partial charge in [-0.2, -0.15) is 0 Å². The van der Waals surface area contributed by atoms with Crippen LogP contribution in [-0.4, -0.2) is 26.2 Å². The van der Waals surface area contributed by atoms with Crippen LogP contribution in [0.4, 0.5) is 34.1 Å². The molecule has 0 saturated carbocycles. The quantitative estimate of drug-likeness (QED) is 0.0803. The molecule has 6 nitrogen and oxygen atoms in total. The fourth-order valence-electron chi connectivity index (χ4n) is 7.04. The van der Waals surface area contributed by atoms with E-state index in [2.05, 4.69) is 70.5 Å². The normalized spacial score (nSPS) is 11.6. The molecule has 0 amide bonds. The molecule has 8 aromatic rings. The minimum atomic E-state index is -0.408. The zero-order chi connectivity index (χ0) is 42.7. The van der Waals surface area contributed by atoms with Gasteiger partial charge in [0.05, 0.1) is 25.4 Å². The first-order chi connectivity index (χ1) is 30.5. The topological polar surface area (TPSA) is 59.1 Å². The number of hydrogen-bond donors (Lipinski definition) is 0. The summed E-state index contributed by atoms with van der Waals surface area (Å²) >= 11 is 3.15. The fraction of sp³-hybridized carbons (Fsp3) is 0.0370. The van der Waals surface area contributed by atoms with Gasteiger partial charge in [-0.25, -0.2) is 9.59 Å². The molecule has 0 fully saturated rings. The smallest absolute Gasteiger partial charge is 0.338 e. The molecule has 0 saturated heterocycles. The van der Waals surface area contributed by atoms with Gasteiger partial charge in [0.2, 0.25) is 0 Å². The van der Waals surface area contributed by atoms with Crippen molar-refractivity contribution in [3.8, 4) is 0 Å². The molecule has 62 heavy (non-hydrogen) atoms. The summed E-state index contributed by atoms with van der Waals surface area (Å²) in [6, 6.07) is 64.8. The van der Waals surface area contributed by atoms with Crippen molar-refractivity contribution in [3.63, 3.8) is 0 Å². The molecule has 0 atom stereocenters. The molecule has 0 spiro atoms. The Morgan fingerprint density at radius 3 is 0.935 bits per heavy atom. The van der Waals surface area contributed by atoms with Crippen molar-refractivity contribution >= 4 is 104 Å². The van der Waals surface area contributed by atoms with Gasteiger partial charge in [-0.1, -0.05) is 97.1 Å². The third-order valence-corrected chi connectivity index (χ3v) is 12.0. The van der Waals surface area contributed by atoms with Gasteiger partial charge in [0.25, 0.3) is 0 Å². The maximum Gasteiger partial charge on any atom is 0.338 e. The highest BCUT2D eigenvalue weighted by Gasteiger charge is 2.18. The maximum atomic E-state index is 13.1. The molecule has 0 bridgehead atoms. The third kappa shape index (κ3) is 9.74. The van der Waals surface area contributed by atoms with Crippen LogP contribution in [0.3, 0.4) is 0 Å². The van der Waals surface area contributed by atoms with Crippen LogP contribution in [0.2, 0.25) is 0 Å². The van der Waals surface area contributed by atoms with E-state index in [-0.39, 0.29) is 0 Å². The highest BCUT2D eigenvalue weighted by atomic mass is 32.1. The molecule has 304 valence electrons. The van der Waals surface area contributed by atoms with Crippen molar-refractivity contribution in [2.45, 2.75) is 0 Å². The summed E-state index contributed by atoms with van der Waals surface area (Å²) in [4.78, 5) is 34.5. The zero-order valence-corrected chi connectivity index (χ0v) is 35.8. The Morgan fingerprint density at radius 1 is 0.371 bits per heavy atom. The van der Waals surface area contributed by atoms with Crippen molar-refractivity contribution in [2.24, 2.45) is 0 Å². The number of rotatable bonds is 14. The Hall–Kier alpha value is -7.52. The van der Waals surface area contributed by atoms with E-state index in [1.165, 1.54) is 14.2 Å². The molecule has 8 heteroatoms. The number of ether oxygens (including phenoxy) is 2. The maximum absolute atomic E-state index is 13.1. The molecule has 0 aliphatic rings. The number of esters is 2. The van der Waals surface area contributed by atoms with Crippen LogP contribution >= 0.6 is 22.7 Å². The first-order valence-electron chi connectivity index (χ1n) is 20.0. The second-order valence-electron chi connectivity index (χ2n) is 14.0. The zero-order valence-electron chi connectivity index (χ0n) is 34.1. The molecule has 0 radical (unpaired) electrons. The van der Waals surface area contributed by atoms with Gasteiger partial charge in [-0.15, -0.1) is 22.7 Å². The highest BCUT2D eigenvalue weighted by Crippen LogP contribution is 2.37. The Kier molecular flexibility index (Phi) is 13.1. The van der Waals surface area contributed by atoms with Crippen LogP contribution in [0.15, 0.2) is 194 Å². The van der Waals surface area contributed by atoms with Crippen LogP contribution < -0.4 is 9.80 Å². The van der Waals surface area contributed by atoms with E-state index in [0.717, 1.165) is 64.8 Å². The molecular weight excluding hydrogens is 805 g/mol. The SMILES string of the molecule is COC(=O)C(=Cc1ccc(/C=C\c2ccc(C=C(C(=O)OC)c3ccc(N(c4ccccc4)c4ccccc4)cc3)s2)s1)c1ccc(N(c2ccccc2)c2ccccc2)cc1. The molecule has 0 N–H and O–H groups in total. The minimum absolute atomic E-state index is 0.408. The molecule has 0 aliphatic heterocycles. The summed E-state index contributed by atoms with van der Waals surface area (Å²) in [6.07, 6.45) is 7.87. The molecule has 2 heterocycles. The molecule has 2 aromatic heterocycles. The molecular formula is C54H42N2O4S2. The van der Waals surface area contributed by atoms with E-state index in [1.54, 1.807) is 22.7 Å². The molecule has 6 aromatic carbocycles. The summed E-state index contributed by atoms with van der Waals surface area (Å²) in [7, 11) is 2.81. The average Bonchev–Trinajstić information content (AvgIpc) is 4.00. The van der Waals surface area contributed by atoms with Crippen molar-refractivity contribution in [1.29, 1.82) is 0 Å².